The van der Waals surface area contributed by atoms with Crippen molar-refractivity contribution >= 4 is 17.7 Å². The van der Waals surface area contributed by atoms with Gasteiger partial charge < -0.3 is 9.69 Å². The molecule has 1 heterocycles. The van der Waals surface area contributed by atoms with Crippen molar-refractivity contribution in [2.75, 3.05) is 11.4 Å². The van der Waals surface area contributed by atoms with E-state index in [0.29, 0.717) is 5.56 Å². The molecule has 0 aromatic heterocycles. The fourth-order valence-electron chi connectivity index (χ4n) is 2.52. The van der Waals surface area contributed by atoms with Gasteiger partial charge in [-0.2, -0.15) is 0 Å². The predicted octanol–water partition coefficient (Wildman–Crippen LogP) is 2.46. The van der Waals surface area contributed by atoms with Gasteiger partial charge >= 0.3 is 0 Å². The standard InChI is InChI=1S/C13H16N2O3/c1-10-12(6-4-7-13(10)15(17)18)14-8-3-2-5-11(14)9-16/h4,6-7,9,11H,2-3,5,8H2,1H3. The van der Waals surface area contributed by atoms with E-state index in [9.17, 15) is 14.9 Å². The lowest BCUT2D eigenvalue weighted by atomic mass is 10.0. The minimum atomic E-state index is -0.376. The number of benzene rings is 1. The maximum absolute atomic E-state index is 11.1. The van der Waals surface area contributed by atoms with Crippen LogP contribution in [0.25, 0.3) is 0 Å². The number of hydrogen-bond acceptors (Lipinski definition) is 4. The van der Waals surface area contributed by atoms with E-state index in [-0.39, 0.29) is 16.7 Å². The van der Waals surface area contributed by atoms with Crippen molar-refractivity contribution in [1.29, 1.82) is 0 Å². The summed E-state index contributed by atoms with van der Waals surface area (Å²) in [6.45, 7) is 2.52. The van der Waals surface area contributed by atoms with Crippen LogP contribution in [0.5, 0.6) is 0 Å². The van der Waals surface area contributed by atoms with Crippen molar-refractivity contribution < 1.29 is 9.72 Å². The first-order valence-electron chi connectivity index (χ1n) is 6.11. The van der Waals surface area contributed by atoms with Crippen LogP contribution < -0.4 is 4.90 Å². The van der Waals surface area contributed by atoms with Gasteiger partial charge in [0.2, 0.25) is 0 Å². The minimum Gasteiger partial charge on any atom is -0.361 e. The molecule has 2 rings (SSSR count). The number of aldehydes is 1. The van der Waals surface area contributed by atoms with E-state index in [2.05, 4.69) is 0 Å². The fraction of sp³-hybridized carbons (Fsp3) is 0.462. The first-order valence-corrected chi connectivity index (χ1v) is 6.11. The molecule has 5 nitrogen and oxygen atoms in total. The Morgan fingerprint density at radius 1 is 1.44 bits per heavy atom. The van der Waals surface area contributed by atoms with Crippen LogP contribution in [-0.4, -0.2) is 23.8 Å². The van der Waals surface area contributed by atoms with Gasteiger partial charge in [0.15, 0.2) is 0 Å². The summed E-state index contributed by atoms with van der Waals surface area (Å²) < 4.78 is 0. The highest BCUT2D eigenvalue weighted by Gasteiger charge is 2.25. The number of carbonyl (C=O) groups is 1. The summed E-state index contributed by atoms with van der Waals surface area (Å²) in [6.07, 6.45) is 3.82. The molecule has 1 aromatic rings. The Hall–Kier alpha value is -1.91. The smallest absolute Gasteiger partial charge is 0.274 e. The number of piperidine rings is 1. The zero-order valence-corrected chi connectivity index (χ0v) is 10.3. The Morgan fingerprint density at radius 3 is 2.89 bits per heavy atom. The maximum atomic E-state index is 11.1. The van der Waals surface area contributed by atoms with Gasteiger partial charge in [0.25, 0.3) is 5.69 Å². The molecule has 0 bridgehead atoms. The molecule has 1 atom stereocenters. The van der Waals surface area contributed by atoms with Crippen LogP contribution in [0.2, 0.25) is 0 Å². The first kappa shape index (κ1) is 12.5. The van der Waals surface area contributed by atoms with Crippen LogP contribution in [-0.2, 0) is 4.79 Å². The lowest BCUT2D eigenvalue weighted by Crippen LogP contribution is -2.41. The largest absolute Gasteiger partial charge is 0.361 e. The Labute approximate surface area is 106 Å². The van der Waals surface area contributed by atoms with Crippen LogP contribution in [0.3, 0.4) is 0 Å². The molecule has 0 amide bonds. The van der Waals surface area contributed by atoms with E-state index in [4.69, 9.17) is 0 Å². The van der Waals surface area contributed by atoms with Gasteiger partial charge in [0.1, 0.15) is 6.29 Å². The van der Waals surface area contributed by atoms with Crippen LogP contribution >= 0.6 is 0 Å². The number of anilines is 1. The third-order valence-corrected chi connectivity index (χ3v) is 3.49. The highest BCUT2D eigenvalue weighted by molar-refractivity contribution is 5.70. The zero-order valence-electron chi connectivity index (χ0n) is 10.3. The summed E-state index contributed by atoms with van der Waals surface area (Å²) in [6, 6.07) is 4.87. The number of nitro groups is 1. The fourth-order valence-corrected chi connectivity index (χ4v) is 2.52. The summed E-state index contributed by atoms with van der Waals surface area (Å²) in [5.41, 5.74) is 1.56. The third-order valence-electron chi connectivity index (χ3n) is 3.49. The Morgan fingerprint density at radius 2 is 2.22 bits per heavy atom. The molecule has 1 fully saturated rings. The van der Waals surface area contributed by atoms with E-state index < -0.39 is 0 Å². The second kappa shape index (κ2) is 5.16. The average molecular weight is 248 g/mol. The number of rotatable bonds is 3. The molecule has 1 saturated heterocycles. The first-order chi connectivity index (χ1) is 8.65. The van der Waals surface area contributed by atoms with Gasteiger partial charge in [-0.25, -0.2) is 0 Å². The van der Waals surface area contributed by atoms with E-state index in [1.165, 1.54) is 6.07 Å². The van der Waals surface area contributed by atoms with Gasteiger partial charge in [0, 0.05) is 18.3 Å². The summed E-state index contributed by atoms with van der Waals surface area (Å²) in [4.78, 5) is 23.6. The van der Waals surface area contributed by atoms with Gasteiger partial charge in [0.05, 0.1) is 16.5 Å². The predicted molar refractivity (Wildman–Crippen MR) is 68.9 cm³/mol. The van der Waals surface area contributed by atoms with Crippen molar-refractivity contribution in [3.8, 4) is 0 Å². The van der Waals surface area contributed by atoms with Crippen molar-refractivity contribution in [3.05, 3.63) is 33.9 Å². The quantitative estimate of drug-likeness (QED) is 0.468. The van der Waals surface area contributed by atoms with Crippen molar-refractivity contribution in [3.63, 3.8) is 0 Å². The Balaban J connectivity index is 2.40. The monoisotopic (exact) mass is 248 g/mol. The molecule has 0 spiro atoms. The molecule has 96 valence electrons. The summed E-state index contributed by atoms with van der Waals surface area (Å²) in [7, 11) is 0. The Bertz CT molecular complexity index is 473. The molecule has 1 unspecified atom stereocenters. The van der Waals surface area contributed by atoms with Crippen molar-refractivity contribution in [2.45, 2.75) is 32.2 Å². The summed E-state index contributed by atoms with van der Waals surface area (Å²) in [5.74, 6) is 0. The molecule has 0 aliphatic carbocycles. The van der Waals surface area contributed by atoms with Gasteiger partial charge in [-0.05, 0) is 32.3 Å². The molecular weight excluding hydrogens is 232 g/mol. The van der Waals surface area contributed by atoms with Gasteiger partial charge in [-0.15, -0.1) is 0 Å². The van der Waals surface area contributed by atoms with Crippen molar-refractivity contribution in [2.24, 2.45) is 0 Å². The zero-order chi connectivity index (χ0) is 13.1. The van der Waals surface area contributed by atoms with E-state index in [0.717, 1.165) is 37.8 Å². The molecule has 0 saturated carbocycles. The highest BCUT2D eigenvalue weighted by Crippen LogP contribution is 2.31. The summed E-state index contributed by atoms with van der Waals surface area (Å²) in [5, 5.41) is 10.9. The van der Waals surface area contributed by atoms with Crippen LogP contribution in [0, 0.1) is 17.0 Å². The second-order valence-corrected chi connectivity index (χ2v) is 4.57. The van der Waals surface area contributed by atoms with Crippen LogP contribution in [0.1, 0.15) is 24.8 Å². The molecule has 5 heteroatoms. The molecular formula is C13H16N2O3. The normalized spacial score (nSPS) is 19.6. The lowest BCUT2D eigenvalue weighted by Gasteiger charge is -2.35. The SMILES string of the molecule is Cc1c(N2CCCCC2C=O)cccc1[N+](=O)[O-]. The molecule has 1 aliphatic heterocycles. The number of hydrogen-bond donors (Lipinski definition) is 0. The minimum absolute atomic E-state index is 0.114. The molecule has 0 N–H and O–H groups in total. The molecule has 0 radical (unpaired) electrons. The van der Waals surface area contributed by atoms with Crippen molar-refractivity contribution in [1.82, 2.24) is 0 Å². The van der Waals surface area contributed by atoms with E-state index >= 15 is 0 Å². The van der Waals surface area contributed by atoms with Crippen LogP contribution in [0.15, 0.2) is 18.2 Å². The van der Waals surface area contributed by atoms with E-state index in [1.807, 2.05) is 11.0 Å². The number of carbonyl (C=O) groups excluding carboxylic acids is 1. The van der Waals surface area contributed by atoms with Gasteiger partial charge in [-0.1, -0.05) is 6.07 Å². The summed E-state index contributed by atoms with van der Waals surface area (Å²) >= 11 is 0. The van der Waals surface area contributed by atoms with E-state index in [1.54, 1.807) is 13.0 Å². The topological polar surface area (TPSA) is 63.5 Å². The number of nitro benzene ring substituents is 1. The highest BCUT2D eigenvalue weighted by atomic mass is 16.6. The average Bonchev–Trinajstić information content (AvgIpc) is 2.38. The Kier molecular flexibility index (Phi) is 3.60. The molecule has 1 aromatic carbocycles. The van der Waals surface area contributed by atoms with Crippen LogP contribution in [0.4, 0.5) is 11.4 Å². The lowest BCUT2D eigenvalue weighted by molar-refractivity contribution is -0.385. The van der Waals surface area contributed by atoms with Gasteiger partial charge in [-0.3, -0.25) is 10.1 Å². The molecule has 1 aliphatic rings. The number of nitrogens with zero attached hydrogens (tertiary/aromatic N) is 2. The molecule has 18 heavy (non-hydrogen) atoms. The maximum Gasteiger partial charge on any atom is 0.274 e. The second-order valence-electron chi connectivity index (χ2n) is 4.57. The third kappa shape index (κ3) is 2.20.